The standard InChI is InChI=1S/C16H21ClFN3O2/c1-2-6-19-14(22)11-20-7-9-21(10-8-20)16(23)15-12(17)4-3-5-13(15)18/h3-5H,2,6-11H2,1H3,(H,19,22). The Bertz CT molecular complexity index is 554. The fourth-order valence-electron chi connectivity index (χ4n) is 2.49. The summed E-state index contributed by atoms with van der Waals surface area (Å²) in [6, 6.07) is 4.21. The van der Waals surface area contributed by atoms with E-state index >= 15 is 0 Å². The van der Waals surface area contributed by atoms with E-state index in [0.717, 1.165) is 6.42 Å². The van der Waals surface area contributed by atoms with Crippen LogP contribution < -0.4 is 5.32 Å². The first-order chi connectivity index (χ1) is 11.0. The highest BCUT2D eigenvalue weighted by Crippen LogP contribution is 2.21. The Kier molecular flexibility index (Phi) is 6.36. The van der Waals surface area contributed by atoms with E-state index in [1.54, 1.807) is 4.90 Å². The molecule has 5 nitrogen and oxygen atoms in total. The van der Waals surface area contributed by atoms with E-state index in [-0.39, 0.29) is 16.5 Å². The number of nitrogens with zero attached hydrogens (tertiary/aromatic N) is 2. The van der Waals surface area contributed by atoms with E-state index in [1.807, 2.05) is 11.8 Å². The zero-order valence-corrected chi connectivity index (χ0v) is 13.9. The lowest BCUT2D eigenvalue weighted by molar-refractivity contribution is -0.122. The Hall–Kier alpha value is -1.66. The quantitative estimate of drug-likeness (QED) is 0.888. The average molecular weight is 342 g/mol. The molecule has 2 rings (SSSR count). The predicted octanol–water partition coefficient (Wildman–Crippen LogP) is 1.76. The van der Waals surface area contributed by atoms with Gasteiger partial charge in [0.2, 0.25) is 5.91 Å². The lowest BCUT2D eigenvalue weighted by atomic mass is 10.1. The molecule has 0 unspecified atom stereocenters. The van der Waals surface area contributed by atoms with Crippen LogP contribution in [0.3, 0.4) is 0 Å². The van der Waals surface area contributed by atoms with Crippen LogP contribution in [0.4, 0.5) is 4.39 Å². The topological polar surface area (TPSA) is 52.7 Å². The van der Waals surface area contributed by atoms with Gasteiger partial charge >= 0.3 is 0 Å². The maximum atomic E-state index is 13.8. The van der Waals surface area contributed by atoms with Crippen LogP contribution in [0.1, 0.15) is 23.7 Å². The van der Waals surface area contributed by atoms with Crippen LogP contribution in [0.2, 0.25) is 5.02 Å². The average Bonchev–Trinajstić information content (AvgIpc) is 2.53. The first kappa shape index (κ1) is 17.7. The number of hydrogen-bond donors (Lipinski definition) is 1. The zero-order valence-electron chi connectivity index (χ0n) is 13.1. The van der Waals surface area contributed by atoms with Crippen molar-refractivity contribution in [2.45, 2.75) is 13.3 Å². The zero-order chi connectivity index (χ0) is 16.8. The van der Waals surface area contributed by atoms with Gasteiger partial charge in [-0.25, -0.2) is 4.39 Å². The Morgan fingerprint density at radius 3 is 2.57 bits per heavy atom. The molecule has 126 valence electrons. The molecule has 0 spiro atoms. The molecular formula is C16H21ClFN3O2. The molecule has 1 heterocycles. The third kappa shape index (κ3) is 4.65. The maximum absolute atomic E-state index is 13.8. The Morgan fingerprint density at radius 2 is 1.96 bits per heavy atom. The smallest absolute Gasteiger partial charge is 0.258 e. The maximum Gasteiger partial charge on any atom is 0.258 e. The molecule has 1 aliphatic heterocycles. The minimum absolute atomic E-state index is 0.0104. The van der Waals surface area contributed by atoms with Gasteiger partial charge < -0.3 is 10.2 Å². The van der Waals surface area contributed by atoms with Gasteiger partial charge in [-0.2, -0.15) is 0 Å². The number of rotatable bonds is 5. The van der Waals surface area contributed by atoms with Gasteiger partial charge in [-0.1, -0.05) is 24.6 Å². The Morgan fingerprint density at radius 1 is 1.26 bits per heavy atom. The molecule has 0 radical (unpaired) electrons. The summed E-state index contributed by atoms with van der Waals surface area (Å²) in [5.41, 5.74) is -0.0803. The van der Waals surface area contributed by atoms with Gasteiger partial charge in [0.05, 0.1) is 17.1 Å². The highest BCUT2D eigenvalue weighted by atomic mass is 35.5. The molecule has 0 atom stereocenters. The number of benzene rings is 1. The van der Waals surface area contributed by atoms with Crippen LogP contribution in [0.5, 0.6) is 0 Å². The Balaban J connectivity index is 1.89. The molecular weight excluding hydrogens is 321 g/mol. The number of halogens is 2. The molecule has 23 heavy (non-hydrogen) atoms. The molecule has 7 heteroatoms. The van der Waals surface area contributed by atoms with E-state index in [0.29, 0.717) is 39.3 Å². The normalized spacial score (nSPS) is 15.5. The molecule has 1 aromatic carbocycles. The van der Waals surface area contributed by atoms with Crippen LogP contribution in [-0.2, 0) is 4.79 Å². The SMILES string of the molecule is CCCNC(=O)CN1CCN(C(=O)c2c(F)cccc2Cl)CC1. The summed E-state index contributed by atoms with van der Waals surface area (Å²) in [6.45, 7) is 5.05. The van der Waals surface area contributed by atoms with Gasteiger partial charge in [0.1, 0.15) is 5.82 Å². The van der Waals surface area contributed by atoms with E-state index in [9.17, 15) is 14.0 Å². The first-order valence-electron chi connectivity index (χ1n) is 7.75. The van der Waals surface area contributed by atoms with Gasteiger partial charge in [0, 0.05) is 32.7 Å². The third-order valence-electron chi connectivity index (χ3n) is 3.78. The molecule has 0 saturated carbocycles. The van der Waals surface area contributed by atoms with E-state index in [2.05, 4.69) is 5.32 Å². The van der Waals surface area contributed by atoms with Gasteiger partial charge in [-0.15, -0.1) is 0 Å². The lowest BCUT2D eigenvalue weighted by Gasteiger charge is -2.34. The second-order valence-electron chi connectivity index (χ2n) is 5.51. The van der Waals surface area contributed by atoms with E-state index < -0.39 is 11.7 Å². The monoisotopic (exact) mass is 341 g/mol. The summed E-state index contributed by atoms with van der Waals surface area (Å²) in [5, 5.41) is 2.95. The van der Waals surface area contributed by atoms with Gasteiger partial charge in [0.25, 0.3) is 5.91 Å². The van der Waals surface area contributed by atoms with Crippen molar-refractivity contribution in [3.05, 3.63) is 34.6 Å². The summed E-state index contributed by atoms with van der Waals surface area (Å²) in [6.07, 6.45) is 0.900. The van der Waals surface area contributed by atoms with Gasteiger partial charge in [-0.05, 0) is 18.6 Å². The highest BCUT2D eigenvalue weighted by molar-refractivity contribution is 6.33. The summed E-state index contributed by atoms with van der Waals surface area (Å²) >= 11 is 5.94. The number of carbonyl (C=O) groups is 2. The van der Waals surface area contributed by atoms with E-state index in [4.69, 9.17) is 11.6 Å². The fourth-order valence-corrected chi connectivity index (χ4v) is 2.74. The highest BCUT2D eigenvalue weighted by Gasteiger charge is 2.26. The number of nitrogens with one attached hydrogen (secondary N) is 1. The fraction of sp³-hybridized carbons (Fsp3) is 0.500. The lowest BCUT2D eigenvalue weighted by Crippen LogP contribution is -2.51. The molecule has 1 N–H and O–H groups in total. The minimum atomic E-state index is -0.608. The largest absolute Gasteiger partial charge is 0.355 e. The van der Waals surface area contributed by atoms with Crippen LogP contribution in [-0.4, -0.2) is 60.9 Å². The van der Waals surface area contributed by atoms with Crippen molar-refractivity contribution in [3.63, 3.8) is 0 Å². The summed E-state index contributed by atoms with van der Waals surface area (Å²) in [4.78, 5) is 27.7. The number of piperazine rings is 1. The van der Waals surface area contributed by atoms with Crippen molar-refractivity contribution in [1.29, 1.82) is 0 Å². The number of hydrogen-bond acceptors (Lipinski definition) is 3. The molecule has 0 bridgehead atoms. The predicted molar refractivity (Wildman–Crippen MR) is 87.1 cm³/mol. The minimum Gasteiger partial charge on any atom is -0.355 e. The van der Waals surface area contributed by atoms with Crippen molar-refractivity contribution in [2.75, 3.05) is 39.3 Å². The third-order valence-corrected chi connectivity index (χ3v) is 4.09. The molecule has 0 aliphatic carbocycles. The van der Waals surface area contributed by atoms with Gasteiger partial charge in [-0.3, -0.25) is 14.5 Å². The van der Waals surface area contributed by atoms with Crippen molar-refractivity contribution in [3.8, 4) is 0 Å². The summed E-state index contributed by atoms with van der Waals surface area (Å²) in [7, 11) is 0. The van der Waals surface area contributed by atoms with Crippen LogP contribution in [0.25, 0.3) is 0 Å². The molecule has 1 saturated heterocycles. The summed E-state index contributed by atoms with van der Waals surface area (Å²) < 4.78 is 13.8. The molecule has 1 aromatic rings. The van der Waals surface area contributed by atoms with Crippen LogP contribution in [0.15, 0.2) is 18.2 Å². The second kappa shape index (κ2) is 8.26. The van der Waals surface area contributed by atoms with Crippen molar-refractivity contribution >= 4 is 23.4 Å². The molecule has 0 aromatic heterocycles. The molecule has 1 fully saturated rings. The van der Waals surface area contributed by atoms with Crippen LogP contribution >= 0.6 is 11.6 Å². The first-order valence-corrected chi connectivity index (χ1v) is 8.13. The van der Waals surface area contributed by atoms with Crippen molar-refractivity contribution in [1.82, 2.24) is 15.1 Å². The molecule has 2 amide bonds. The van der Waals surface area contributed by atoms with E-state index in [1.165, 1.54) is 18.2 Å². The van der Waals surface area contributed by atoms with Gasteiger partial charge in [0.15, 0.2) is 0 Å². The van der Waals surface area contributed by atoms with Crippen molar-refractivity contribution in [2.24, 2.45) is 0 Å². The number of carbonyl (C=O) groups excluding carboxylic acids is 2. The second-order valence-corrected chi connectivity index (χ2v) is 5.92. The van der Waals surface area contributed by atoms with Crippen molar-refractivity contribution < 1.29 is 14.0 Å². The molecule has 1 aliphatic rings. The van der Waals surface area contributed by atoms with Crippen LogP contribution in [0, 0.1) is 5.82 Å². The Labute approximate surface area is 140 Å². The summed E-state index contributed by atoms with van der Waals surface area (Å²) in [5.74, 6) is -1.02. The number of amides is 2.